The van der Waals surface area contributed by atoms with Gasteiger partial charge < -0.3 is 9.63 Å². The van der Waals surface area contributed by atoms with Crippen LogP contribution in [0.5, 0.6) is 5.75 Å². The van der Waals surface area contributed by atoms with Gasteiger partial charge in [-0.05, 0) is 26.0 Å². The van der Waals surface area contributed by atoms with Crippen LogP contribution in [-0.2, 0) is 0 Å². The molecule has 0 amide bonds. The predicted molar refractivity (Wildman–Crippen MR) is 87.0 cm³/mol. The molecule has 1 N–H and O–H groups in total. The molecule has 0 heterocycles. The zero-order chi connectivity index (χ0) is 13.0. The first kappa shape index (κ1) is 15.8. The third-order valence-corrected chi connectivity index (χ3v) is 4.07. The maximum absolute atomic E-state index is 10.5. The van der Waals surface area contributed by atoms with Crippen molar-refractivity contribution in [1.82, 2.24) is 0 Å². The second-order valence-electron chi connectivity index (χ2n) is 4.28. The van der Waals surface area contributed by atoms with Crippen molar-refractivity contribution in [1.29, 1.82) is 0 Å². The van der Waals surface area contributed by atoms with Crippen molar-refractivity contribution in [2.45, 2.75) is 20.0 Å². The van der Waals surface area contributed by atoms with Crippen molar-refractivity contribution in [2.75, 3.05) is 0 Å². The lowest BCUT2D eigenvalue weighted by Crippen LogP contribution is -2.17. The second kappa shape index (κ2) is 7.32. The van der Waals surface area contributed by atoms with Crippen LogP contribution in [0.2, 0.25) is 0 Å². The molecule has 1 atom stereocenters. The molecule has 1 unspecified atom stereocenters. The average Bonchev–Trinajstić information content (AvgIpc) is 2.39. The van der Waals surface area contributed by atoms with Gasteiger partial charge in [-0.3, -0.25) is 0 Å². The van der Waals surface area contributed by atoms with Crippen molar-refractivity contribution in [2.24, 2.45) is 0 Å². The summed E-state index contributed by atoms with van der Waals surface area (Å²) >= 11 is 0. The molecule has 19 heavy (non-hydrogen) atoms. The first-order valence-corrected chi connectivity index (χ1v) is 7.27. The molecule has 0 aliphatic rings. The lowest BCUT2D eigenvalue weighted by molar-refractivity contribution is 0.244. The highest BCUT2D eigenvalue weighted by atomic mass is 31.1. The van der Waals surface area contributed by atoms with Gasteiger partial charge in [-0.15, -0.1) is 0 Å². The van der Waals surface area contributed by atoms with Crippen LogP contribution in [0, 0.1) is 0 Å². The summed E-state index contributed by atoms with van der Waals surface area (Å²) in [4.78, 5) is 10.5. The lowest BCUT2D eigenvalue weighted by Gasteiger charge is -2.17. The van der Waals surface area contributed by atoms with Crippen LogP contribution in [0.3, 0.4) is 0 Å². The molecule has 0 aromatic heterocycles. The molecule has 0 saturated heterocycles. The summed E-state index contributed by atoms with van der Waals surface area (Å²) in [6.45, 7) is 3.97. The van der Waals surface area contributed by atoms with Crippen LogP contribution in [0.4, 0.5) is 0 Å². The van der Waals surface area contributed by atoms with Gasteiger partial charge in [-0.2, -0.15) is 0 Å². The molecule has 0 saturated carbocycles. The Balaban J connectivity index is 0.00000180. The smallest absolute Gasteiger partial charge is 0.129 e. The topological polar surface area (TPSA) is 29.5 Å². The normalized spacial score (nSPS) is 11.8. The zero-order valence-corrected chi connectivity index (χ0v) is 11.5. The Morgan fingerprint density at radius 2 is 1.53 bits per heavy atom. The number of rotatable bonds is 4. The van der Waals surface area contributed by atoms with E-state index in [0.717, 1.165) is 16.4 Å². The third kappa shape index (κ3) is 4.09. The molecule has 0 fully saturated rings. The summed E-state index contributed by atoms with van der Waals surface area (Å²) in [5.41, 5.74) is 0. The molecule has 0 aliphatic carbocycles. The molecule has 2 rings (SSSR count). The summed E-state index contributed by atoms with van der Waals surface area (Å²) < 4.78 is 5.74. The van der Waals surface area contributed by atoms with Crippen LogP contribution in [0.25, 0.3) is 0 Å². The Kier molecular flexibility index (Phi) is 6.07. The highest BCUT2D eigenvalue weighted by Crippen LogP contribution is 2.32. The monoisotopic (exact) mass is 274 g/mol. The molecule has 100 valence electrons. The van der Waals surface area contributed by atoms with E-state index in [1.54, 1.807) is 0 Å². The first-order valence-electron chi connectivity index (χ1n) is 5.98. The summed E-state index contributed by atoms with van der Waals surface area (Å²) in [7, 11) is -1.35. The van der Waals surface area contributed by atoms with Crippen molar-refractivity contribution in [3.8, 4) is 5.75 Å². The molecular formula is C15H20BO2P. The molecule has 0 bridgehead atoms. The van der Waals surface area contributed by atoms with E-state index in [4.69, 9.17) is 4.74 Å². The Bertz CT molecular complexity index is 503. The van der Waals surface area contributed by atoms with Gasteiger partial charge in [0.2, 0.25) is 0 Å². The van der Waals surface area contributed by atoms with Gasteiger partial charge in [0, 0.05) is 10.6 Å². The molecule has 2 aromatic carbocycles. The Hall–Kier alpha value is -1.31. The van der Waals surface area contributed by atoms with E-state index < -0.39 is 8.15 Å². The predicted octanol–water partition coefficient (Wildman–Crippen LogP) is 1.63. The zero-order valence-electron chi connectivity index (χ0n) is 10.6. The number of benzene rings is 2. The van der Waals surface area contributed by atoms with E-state index in [1.807, 2.05) is 68.4 Å². The van der Waals surface area contributed by atoms with Gasteiger partial charge in [-0.1, -0.05) is 42.5 Å². The maximum atomic E-state index is 10.5. The summed E-state index contributed by atoms with van der Waals surface area (Å²) in [5.74, 6) is 0.768. The SMILES string of the molecule is B.CC(C)Oc1ccccc1P(O)c1ccccc1. The van der Waals surface area contributed by atoms with Gasteiger partial charge in [0.1, 0.15) is 5.75 Å². The van der Waals surface area contributed by atoms with Crippen molar-refractivity contribution in [3.05, 3.63) is 54.6 Å². The molecule has 0 radical (unpaired) electrons. The number of ether oxygens (including phenoxy) is 1. The minimum Gasteiger partial charge on any atom is -0.490 e. The van der Waals surface area contributed by atoms with Crippen molar-refractivity contribution >= 4 is 27.2 Å². The standard InChI is InChI=1S/C15H17O2P.BH3/c1-12(2)17-14-10-6-7-11-15(14)18(16)13-8-4-3-5-9-13;/h3-12,16H,1-2H3;1H3. The fourth-order valence-corrected chi connectivity index (χ4v) is 2.99. The van der Waals surface area contributed by atoms with Crippen LogP contribution in [0.15, 0.2) is 54.6 Å². The van der Waals surface area contributed by atoms with Crippen LogP contribution in [-0.4, -0.2) is 19.4 Å². The molecule has 4 heteroatoms. The van der Waals surface area contributed by atoms with E-state index in [0.29, 0.717) is 0 Å². The van der Waals surface area contributed by atoms with Crippen LogP contribution >= 0.6 is 8.15 Å². The fraction of sp³-hybridized carbons (Fsp3) is 0.200. The van der Waals surface area contributed by atoms with Gasteiger partial charge in [0.05, 0.1) is 22.7 Å². The third-order valence-electron chi connectivity index (χ3n) is 2.46. The highest BCUT2D eigenvalue weighted by Gasteiger charge is 2.15. The molecule has 0 aliphatic heterocycles. The van der Waals surface area contributed by atoms with Crippen LogP contribution in [0.1, 0.15) is 13.8 Å². The van der Waals surface area contributed by atoms with E-state index in [1.165, 1.54) is 0 Å². The van der Waals surface area contributed by atoms with E-state index in [9.17, 15) is 4.89 Å². The second-order valence-corrected chi connectivity index (χ2v) is 5.90. The summed E-state index contributed by atoms with van der Waals surface area (Å²) in [5, 5.41) is 1.81. The first-order chi connectivity index (χ1) is 8.68. The molecular weight excluding hydrogens is 254 g/mol. The van der Waals surface area contributed by atoms with E-state index in [2.05, 4.69) is 0 Å². The lowest BCUT2D eigenvalue weighted by atomic mass is 10.3. The van der Waals surface area contributed by atoms with Crippen molar-refractivity contribution < 1.29 is 9.63 Å². The Morgan fingerprint density at radius 3 is 2.16 bits per heavy atom. The number of para-hydroxylation sites is 1. The van der Waals surface area contributed by atoms with E-state index >= 15 is 0 Å². The summed E-state index contributed by atoms with van der Waals surface area (Å²) in [6.07, 6.45) is 0.102. The average molecular weight is 274 g/mol. The largest absolute Gasteiger partial charge is 0.490 e. The van der Waals surface area contributed by atoms with Gasteiger partial charge in [0.25, 0.3) is 0 Å². The molecule has 2 aromatic rings. The maximum Gasteiger partial charge on any atom is 0.129 e. The quantitative estimate of drug-likeness (QED) is 0.678. The Morgan fingerprint density at radius 1 is 0.947 bits per heavy atom. The number of hydrogen-bond donors (Lipinski definition) is 1. The minimum absolute atomic E-state index is 0. The highest BCUT2D eigenvalue weighted by molar-refractivity contribution is 7.67. The van der Waals surface area contributed by atoms with Gasteiger partial charge in [-0.25, -0.2) is 0 Å². The van der Waals surface area contributed by atoms with Gasteiger partial charge in [0.15, 0.2) is 0 Å². The van der Waals surface area contributed by atoms with Crippen molar-refractivity contribution in [3.63, 3.8) is 0 Å². The van der Waals surface area contributed by atoms with Gasteiger partial charge >= 0.3 is 0 Å². The van der Waals surface area contributed by atoms with Crippen LogP contribution < -0.4 is 15.3 Å². The fourth-order valence-electron chi connectivity index (χ4n) is 1.69. The van der Waals surface area contributed by atoms with E-state index in [-0.39, 0.29) is 14.5 Å². The minimum atomic E-state index is -1.35. The Labute approximate surface area is 117 Å². The molecule has 0 spiro atoms. The summed E-state index contributed by atoms with van der Waals surface area (Å²) in [6, 6.07) is 17.4. The number of hydrogen-bond acceptors (Lipinski definition) is 2. The molecule has 2 nitrogen and oxygen atoms in total.